The number of likely N-dealkylation sites (tertiary alicyclic amines) is 1. The van der Waals surface area contributed by atoms with E-state index in [9.17, 15) is 14.4 Å². The van der Waals surface area contributed by atoms with Crippen LogP contribution in [0.4, 0.5) is 0 Å². The smallest absolute Gasteiger partial charge is 0.305 e. The zero-order chi connectivity index (χ0) is 17.9. The van der Waals surface area contributed by atoms with Crippen molar-refractivity contribution in [2.24, 2.45) is 5.92 Å². The van der Waals surface area contributed by atoms with Crippen LogP contribution in [0.3, 0.4) is 0 Å². The summed E-state index contributed by atoms with van der Waals surface area (Å²) in [5, 5.41) is 12.0. The van der Waals surface area contributed by atoms with Gasteiger partial charge in [0.1, 0.15) is 0 Å². The Morgan fingerprint density at radius 2 is 1.88 bits per heavy atom. The first kappa shape index (κ1) is 17.5. The van der Waals surface area contributed by atoms with E-state index in [2.05, 4.69) is 5.32 Å². The highest BCUT2D eigenvalue weighted by Crippen LogP contribution is 2.35. The molecule has 6 heteroatoms. The van der Waals surface area contributed by atoms with E-state index in [4.69, 9.17) is 5.11 Å². The number of carbonyl (C=O) groups excluding carboxylic acids is 2. The molecule has 2 fully saturated rings. The van der Waals surface area contributed by atoms with Crippen molar-refractivity contribution in [2.75, 3.05) is 13.1 Å². The van der Waals surface area contributed by atoms with Crippen LogP contribution in [0.2, 0.25) is 0 Å². The standard InChI is InChI=1S/C19H24N2O4/c22-16(23)12-19(9-5-10-19)20-17(24)15-8-4-11-21(13-15)18(25)14-6-2-1-3-7-14/h1-3,6-7,15H,4-5,8-13H2,(H,20,24)(H,22,23). The normalized spacial score (nSPS) is 21.9. The lowest BCUT2D eigenvalue weighted by molar-refractivity contribution is -0.141. The van der Waals surface area contributed by atoms with Crippen LogP contribution in [0.25, 0.3) is 0 Å². The lowest BCUT2D eigenvalue weighted by Crippen LogP contribution is -2.57. The van der Waals surface area contributed by atoms with Crippen molar-refractivity contribution in [2.45, 2.75) is 44.1 Å². The van der Waals surface area contributed by atoms with E-state index in [0.717, 1.165) is 19.3 Å². The minimum atomic E-state index is -0.885. The number of hydrogen-bond donors (Lipinski definition) is 2. The Labute approximate surface area is 147 Å². The van der Waals surface area contributed by atoms with Gasteiger partial charge in [0.05, 0.1) is 17.9 Å². The molecule has 2 aliphatic rings. The van der Waals surface area contributed by atoms with Crippen LogP contribution in [0.5, 0.6) is 0 Å². The number of nitrogens with one attached hydrogen (secondary N) is 1. The SMILES string of the molecule is O=C(O)CC1(NC(=O)C2CCCN(C(=O)c3ccccc3)C2)CCC1. The third kappa shape index (κ3) is 4.00. The van der Waals surface area contributed by atoms with Gasteiger partial charge < -0.3 is 15.3 Å². The molecule has 0 radical (unpaired) electrons. The molecule has 1 aromatic rings. The molecule has 2 amide bonds. The van der Waals surface area contributed by atoms with Crippen molar-refractivity contribution in [3.63, 3.8) is 0 Å². The number of nitrogens with zero attached hydrogens (tertiary/aromatic N) is 1. The Morgan fingerprint density at radius 3 is 2.48 bits per heavy atom. The number of piperidine rings is 1. The maximum Gasteiger partial charge on any atom is 0.305 e. The fraction of sp³-hybridized carbons (Fsp3) is 0.526. The number of carbonyl (C=O) groups is 3. The van der Waals surface area contributed by atoms with Gasteiger partial charge in [-0.25, -0.2) is 0 Å². The molecule has 1 aromatic carbocycles. The maximum absolute atomic E-state index is 12.7. The van der Waals surface area contributed by atoms with Crippen LogP contribution in [-0.4, -0.2) is 46.4 Å². The van der Waals surface area contributed by atoms with Crippen molar-refractivity contribution >= 4 is 17.8 Å². The molecular formula is C19H24N2O4. The number of carboxylic acids is 1. The molecule has 2 N–H and O–H groups in total. The minimum Gasteiger partial charge on any atom is -0.481 e. The Hall–Kier alpha value is -2.37. The quantitative estimate of drug-likeness (QED) is 0.856. The van der Waals surface area contributed by atoms with Crippen LogP contribution in [0.1, 0.15) is 48.9 Å². The summed E-state index contributed by atoms with van der Waals surface area (Å²) in [6, 6.07) is 9.08. The predicted molar refractivity (Wildman–Crippen MR) is 92.0 cm³/mol. The molecule has 0 bridgehead atoms. The van der Waals surface area contributed by atoms with Crippen LogP contribution in [0.15, 0.2) is 30.3 Å². The van der Waals surface area contributed by atoms with Crippen LogP contribution < -0.4 is 5.32 Å². The number of amides is 2. The summed E-state index contributed by atoms with van der Waals surface area (Å²) >= 11 is 0. The average Bonchev–Trinajstić information content (AvgIpc) is 2.59. The summed E-state index contributed by atoms with van der Waals surface area (Å²) in [5.74, 6) is -1.33. The van der Waals surface area contributed by atoms with E-state index in [-0.39, 0.29) is 24.2 Å². The molecule has 1 aliphatic heterocycles. The van der Waals surface area contributed by atoms with Gasteiger partial charge in [-0.05, 0) is 44.2 Å². The van der Waals surface area contributed by atoms with E-state index in [1.54, 1.807) is 17.0 Å². The molecule has 6 nitrogen and oxygen atoms in total. The fourth-order valence-corrected chi connectivity index (χ4v) is 3.74. The second-order valence-electron chi connectivity index (χ2n) is 7.15. The van der Waals surface area contributed by atoms with E-state index in [1.165, 1.54) is 0 Å². The van der Waals surface area contributed by atoms with Crippen LogP contribution >= 0.6 is 0 Å². The largest absolute Gasteiger partial charge is 0.481 e. The van der Waals surface area contributed by atoms with Gasteiger partial charge in [0.15, 0.2) is 0 Å². The molecule has 25 heavy (non-hydrogen) atoms. The third-order valence-corrected chi connectivity index (χ3v) is 5.29. The van der Waals surface area contributed by atoms with Gasteiger partial charge in [-0.15, -0.1) is 0 Å². The minimum absolute atomic E-state index is 0.0296. The lowest BCUT2D eigenvalue weighted by atomic mass is 9.74. The molecule has 1 heterocycles. The van der Waals surface area contributed by atoms with Gasteiger partial charge in [0, 0.05) is 18.7 Å². The summed E-state index contributed by atoms with van der Waals surface area (Å²) in [6.07, 6.45) is 3.85. The van der Waals surface area contributed by atoms with Crippen LogP contribution in [0, 0.1) is 5.92 Å². The van der Waals surface area contributed by atoms with Crippen molar-refractivity contribution in [1.29, 1.82) is 0 Å². The molecule has 0 aromatic heterocycles. The van der Waals surface area contributed by atoms with E-state index >= 15 is 0 Å². The number of rotatable bonds is 5. The Morgan fingerprint density at radius 1 is 1.16 bits per heavy atom. The molecule has 1 aliphatic carbocycles. The number of aliphatic carboxylic acids is 1. The second-order valence-corrected chi connectivity index (χ2v) is 7.15. The topological polar surface area (TPSA) is 86.7 Å². The van der Waals surface area contributed by atoms with E-state index < -0.39 is 11.5 Å². The maximum atomic E-state index is 12.7. The molecule has 1 unspecified atom stereocenters. The monoisotopic (exact) mass is 344 g/mol. The summed E-state index contributed by atoms with van der Waals surface area (Å²) in [6.45, 7) is 1.04. The van der Waals surface area contributed by atoms with Gasteiger partial charge in [0.2, 0.25) is 5.91 Å². The van der Waals surface area contributed by atoms with Crippen molar-refractivity contribution in [3.8, 4) is 0 Å². The highest BCUT2D eigenvalue weighted by Gasteiger charge is 2.42. The molecule has 1 atom stereocenters. The molecule has 0 spiro atoms. The van der Waals surface area contributed by atoms with Gasteiger partial charge >= 0.3 is 5.97 Å². The first-order valence-electron chi connectivity index (χ1n) is 8.87. The highest BCUT2D eigenvalue weighted by atomic mass is 16.4. The van der Waals surface area contributed by atoms with Crippen LogP contribution in [-0.2, 0) is 9.59 Å². The third-order valence-electron chi connectivity index (χ3n) is 5.29. The first-order chi connectivity index (χ1) is 12.0. The highest BCUT2D eigenvalue weighted by molar-refractivity contribution is 5.94. The van der Waals surface area contributed by atoms with Gasteiger partial charge in [-0.1, -0.05) is 18.2 Å². The fourth-order valence-electron chi connectivity index (χ4n) is 3.74. The second kappa shape index (κ2) is 7.25. The Balaban J connectivity index is 1.62. The average molecular weight is 344 g/mol. The van der Waals surface area contributed by atoms with Gasteiger partial charge in [-0.3, -0.25) is 14.4 Å². The predicted octanol–water partition coefficient (Wildman–Crippen LogP) is 2.05. The number of carboxylic acid groups (broad SMARTS) is 1. The zero-order valence-electron chi connectivity index (χ0n) is 14.2. The molecule has 1 saturated heterocycles. The summed E-state index contributed by atoms with van der Waals surface area (Å²) in [7, 11) is 0. The lowest BCUT2D eigenvalue weighted by Gasteiger charge is -2.43. The zero-order valence-corrected chi connectivity index (χ0v) is 14.2. The molecular weight excluding hydrogens is 320 g/mol. The van der Waals surface area contributed by atoms with Gasteiger partial charge in [-0.2, -0.15) is 0 Å². The Kier molecular flexibility index (Phi) is 5.06. The Bertz CT molecular complexity index is 655. The molecule has 134 valence electrons. The number of benzene rings is 1. The van der Waals surface area contributed by atoms with Crippen molar-refractivity contribution in [3.05, 3.63) is 35.9 Å². The molecule has 3 rings (SSSR count). The summed E-state index contributed by atoms with van der Waals surface area (Å²) in [4.78, 5) is 38.0. The molecule has 1 saturated carbocycles. The summed E-state index contributed by atoms with van der Waals surface area (Å²) < 4.78 is 0. The summed E-state index contributed by atoms with van der Waals surface area (Å²) in [5.41, 5.74) is 0.0409. The number of hydrogen-bond acceptors (Lipinski definition) is 3. The van der Waals surface area contributed by atoms with E-state index in [0.29, 0.717) is 31.5 Å². The first-order valence-corrected chi connectivity index (χ1v) is 8.87. The van der Waals surface area contributed by atoms with Gasteiger partial charge in [0.25, 0.3) is 5.91 Å². The van der Waals surface area contributed by atoms with Crippen molar-refractivity contribution < 1.29 is 19.5 Å². The van der Waals surface area contributed by atoms with Crippen molar-refractivity contribution in [1.82, 2.24) is 10.2 Å². The van der Waals surface area contributed by atoms with E-state index in [1.807, 2.05) is 18.2 Å².